The molecule has 7 heteroatoms. The summed E-state index contributed by atoms with van der Waals surface area (Å²) in [6.45, 7) is 1.83. The van der Waals surface area contributed by atoms with E-state index in [0.717, 1.165) is 40.8 Å². The third-order valence-corrected chi connectivity index (χ3v) is 6.66. The van der Waals surface area contributed by atoms with Crippen molar-refractivity contribution < 1.29 is 19.1 Å². The Morgan fingerprint density at radius 3 is 2.19 bits per heavy atom. The van der Waals surface area contributed by atoms with E-state index < -0.39 is 11.5 Å². The van der Waals surface area contributed by atoms with Crippen LogP contribution in [0.2, 0.25) is 0 Å². The van der Waals surface area contributed by atoms with Gasteiger partial charge in [-0.15, -0.1) is 0 Å². The van der Waals surface area contributed by atoms with Crippen molar-refractivity contribution in [3.8, 4) is 16.8 Å². The normalized spacial score (nSPS) is 14.5. The van der Waals surface area contributed by atoms with Crippen LogP contribution in [0.25, 0.3) is 16.8 Å². The first kappa shape index (κ1) is 23.4. The summed E-state index contributed by atoms with van der Waals surface area (Å²) in [6.07, 6.45) is 3.94. The molecule has 4 aromatic rings. The number of benzene rings is 3. The smallest absolute Gasteiger partial charge is 0.413 e. The van der Waals surface area contributed by atoms with E-state index >= 15 is 0 Å². The molecule has 3 aromatic carbocycles. The molecule has 1 N–H and O–H groups in total. The van der Waals surface area contributed by atoms with Crippen molar-refractivity contribution in [2.24, 2.45) is 0 Å². The first-order valence-corrected chi connectivity index (χ1v) is 11.8. The summed E-state index contributed by atoms with van der Waals surface area (Å²) < 4.78 is 12.3. The molecule has 0 aliphatic heterocycles. The zero-order valence-corrected chi connectivity index (χ0v) is 20.2. The molecule has 0 bridgehead atoms. The summed E-state index contributed by atoms with van der Waals surface area (Å²) in [6, 6.07) is 25.6. The minimum absolute atomic E-state index is 0.164. The van der Waals surface area contributed by atoms with Gasteiger partial charge in [-0.3, -0.25) is 14.7 Å². The SMILES string of the molecule is COC(=O)C1(c2ccc(-c3ccc(-n4cncc4NC(=O)O[C@H](C)c4ccccc4)cc3)cc2)CC1. The highest BCUT2D eigenvalue weighted by molar-refractivity contribution is 5.87. The number of hydrogen-bond donors (Lipinski definition) is 1. The Morgan fingerprint density at radius 1 is 0.944 bits per heavy atom. The highest BCUT2D eigenvalue weighted by atomic mass is 16.6. The molecule has 7 nitrogen and oxygen atoms in total. The number of nitrogens with one attached hydrogen (secondary N) is 1. The maximum Gasteiger partial charge on any atom is 0.413 e. The number of aromatic nitrogens is 2. The predicted octanol–water partition coefficient (Wildman–Crippen LogP) is 6.05. The highest BCUT2D eigenvalue weighted by Gasteiger charge is 2.52. The number of nitrogens with zero attached hydrogens (tertiary/aromatic N) is 2. The van der Waals surface area contributed by atoms with Gasteiger partial charge >= 0.3 is 12.1 Å². The number of rotatable bonds is 7. The van der Waals surface area contributed by atoms with E-state index in [0.29, 0.717) is 5.82 Å². The minimum atomic E-state index is -0.551. The van der Waals surface area contributed by atoms with Gasteiger partial charge < -0.3 is 9.47 Å². The van der Waals surface area contributed by atoms with Gasteiger partial charge in [0.2, 0.25) is 0 Å². The Morgan fingerprint density at radius 2 is 1.58 bits per heavy atom. The number of imidazole rings is 1. The molecule has 182 valence electrons. The van der Waals surface area contributed by atoms with Crippen LogP contribution in [0.3, 0.4) is 0 Å². The molecule has 0 saturated heterocycles. The molecule has 1 saturated carbocycles. The zero-order chi connectivity index (χ0) is 25.1. The molecular formula is C29H27N3O4. The van der Waals surface area contributed by atoms with Crippen LogP contribution in [0.4, 0.5) is 10.6 Å². The minimum Gasteiger partial charge on any atom is -0.468 e. The summed E-state index contributed by atoms with van der Waals surface area (Å²) in [5.41, 5.74) is 4.39. The van der Waals surface area contributed by atoms with Crippen LogP contribution in [-0.2, 0) is 19.7 Å². The Bertz CT molecular complexity index is 1360. The second-order valence-electron chi connectivity index (χ2n) is 8.93. The summed E-state index contributed by atoms with van der Waals surface area (Å²) in [7, 11) is 1.44. The topological polar surface area (TPSA) is 82.5 Å². The van der Waals surface area contributed by atoms with E-state index in [4.69, 9.17) is 9.47 Å². The Balaban J connectivity index is 1.27. The fraction of sp³-hybridized carbons (Fsp3) is 0.207. The van der Waals surface area contributed by atoms with Crippen molar-refractivity contribution in [1.29, 1.82) is 0 Å². The Hall–Kier alpha value is -4.39. The highest BCUT2D eigenvalue weighted by Crippen LogP contribution is 2.49. The molecular weight excluding hydrogens is 454 g/mol. The third kappa shape index (κ3) is 4.60. The molecule has 1 fully saturated rings. The van der Waals surface area contributed by atoms with Crippen molar-refractivity contribution in [2.75, 3.05) is 12.4 Å². The average molecular weight is 482 g/mol. The number of esters is 1. The van der Waals surface area contributed by atoms with Crippen molar-refractivity contribution in [1.82, 2.24) is 9.55 Å². The number of anilines is 1. The number of carbonyl (C=O) groups excluding carboxylic acids is 2. The van der Waals surface area contributed by atoms with Gasteiger partial charge in [-0.2, -0.15) is 0 Å². The molecule has 1 heterocycles. The molecule has 1 aromatic heterocycles. The van der Waals surface area contributed by atoms with Gasteiger partial charge in [0.05, 0.1) is 18.7 Å². The summed E-state index contributed by atoms with van der Waals surface area (Å²) >= 11 is 0. The predicted molar refractivity (Wildman–Crippen MR) is 137 cm³/mol. The van der Waals surface area contributed by atoms with Gasteiger partial charge in [-0.05, 0) is 54.2 Å². The van der Waals surface area contributed by atoms with Crippen molar-refractivity contribution in [3.05, 3.63) is 103 Å². The lowest BCUT2D eigenvalue weighted by Crippen LogP contribution is -2.21. The van der Waals surface area contributed by atoms with Crippen LogP contribution < -0.4 is 5.32 Å². The fourth-order valence-corrected chi connectivity index (χ4v) is 4.41. The van der Waals surface area contributed by atoms with Crippen molar-refractivity contribution in [2.45, 2.75) is 31.3 Å². The monoisotopic (exact) mass is 481 g/mol. The molecule has 0 unspecified atom stereocenters. The van der Waals surface area contributed by atoms with Crippen LogP contribution in [-0.4, -0.2) is 28.7 Å². The standard InChI is InChI=1S/C29H27N3O4/c1-20(21-6-4-3-5-7-21)36-28(34)31-26-18-30-19-32(26)25-14-10-23(11-15-25)22-8-12-24(13-9-22)29(16-17-29)27(33)35-2/h3-15,18-20H,16-17H2,1-2H3,(H,31,34)/t20-/m1/s1. The number of hydrogen-bond acceptors (Lipinski definition) is 5. The lowest BCUT2D eigenvalue weighted by Gasteiger charge is -2.15. The van der Waals surface area contributed by atoms with E-state index in [2.05, 4.69) is 10.3 Å². The number of carbonyl (C=O) groups is 2. The molecule has 1 atom stereocenters. The van der Waals surface area contributed by atoms with Gasteiger partial charge in [0.1, 0.15) is 18.2 Å². The van der Waals surface area contributed by atoms with Crippen LogP contribution in [0, 0.1) is 0 Å². The summed E-state index contributed by atoms with van der Waals surface area (Å²) in [5.74, 6) is 0.345. The quantitative estimate of drug-likeness (QED) is 0.325. The van der Waals surface area contributed by atoms with E-state index in [-0.39, 0.29) is 12.1 Å². The van der Waals surface area contributed by atoms with Crippen molar-refractivity contribution >= 4 is 17.9 Å². The maximum absolute atomic E-state index is 12.5. The van der Waals surface area contributed by atoms with Crippen LogP contribution in [0.5, 0.6) is 0 Å². The first-order valence-electron chi connectivity index (χ1n) is 11.8. The van der Waals surface area contributed by atoms with Crippen LogP contribution in [0.1, 0.15) is 37.0 Å². The average Bonchev–Trinajstić information content (AvgIpc) is 3.61. The maximum atomic E-state index is 12.5. The lowest BCUT2D eigenvalue weighted by molar-refractivity contribution is -0.143. The molecule has 36 heavy (non-hydrogen) atoms. The zero-order valence-electron chi connectivity index (χ0n) is 20.2. The molecule has 1 amide bonds. The second-order valence-corrected chi connectivity index (χ2v) is 8.93. The molecule has 1 aliphatic carbocycles. The van der Waals surface area contributed by atoms with Crippen LogP contribution >= 0.6 is 0 Å². The number of methoxy groups -OCH3 is 1. The molecule has 5 rings (SSSR count). The first-order chi connectivity index (χ1) is 17.5. The second kappa shape index (κ2) is 9.70. The van der Waals surface area contributed by atoms with Gasteiger partial charge in [0.25, 0.3) is 0 Å². The molecule has 1 aliphatic rings. The lowest BCUT2D eigenvalue weighted by atomic mass is 9.94. The van der Waals surface area contributed by atoms with Crippen molar-refractivity contribution in [3.63, 3.8) is 0 Å². The Labute approximate surface area is 209 Å². The van der Waals surface area contributed by atoms with E-state index in [1.54, 1.807) is 17.1 Å². The van der Waals surface area contributed by atoms with Gasteiger partial charge in [0, 0.05) is 5.69 Å². The molecule has 0 spiro atoms. The van der Waals surface area contributed by atoms with Gasteiger partial charge in [0.15, 0.2) is 0 Å². The fourth-order valence-electron chi connectivity index (χ4n) is 4.41. The van der Waals surface area contributed by atoms with E-state index in [1.165, 1.54) is 7.11 Å². The van der Waals surface area contributed by atoms with Gasteiger partial charge in [-0.25, -0.2) is 9.78 Å². The largest absolute Gasteiger partial charge is 0.468 e. The number of ether oxygens (including phenoxy) is 2. The molecule has 0 radical (unpaired) electrons. The van der Waals surface area contributed by atoms with Gasteiger partial charge in [-0.1, -0.05) is 66.7 Å². The van der Waals surface area contributed by atoms with Crippen LogP contribution in [0.15, 0.2) is 91.4 Å². The third-order valence-electron chi connectivity index (χ3n) is 6.66. The number of amides is 1. The Kier molecular flexibility index (Phi) is 6.29. The van der Waals surface area contributed by atoms with E-state index in [9.17, 15) is 9.59 Å². The van der Waals surface area contributed by atoms with E-state index in [1.807, 2.05) is 85.8 Å². The summed E-state index contributed by atoms with van der Waals surface area (Å²) in [4.78, 5) is 28.8. The summed E-state index contributed by atoms with van der Waals surface area (Å²) in [5, 5.41) is 2.78.